The van der Waals surface area contributed by atoms with E-state index in [1.165, 1.54) is 0 Å². The van der Waals surface area contributed by atoms with Crippen LogP contribution in [0.4, 0.5) is 5.69 Å². The number of carbonyl (C=O) groups is 1. The van der Waals surface area contributed by atoms with Crippen molar-refractivity contribution in [2.24, 2.45) is 0 Å². The van der Waals surface area contributed by atoms with Crippen LogP contribution < -0.4 is 5.32 Å². The minimum absolute atomic E-state index is 0.226. The first-order valence-electron chi connectivity index (χ1n) is 9.90. The standard InChI is InChI=1S/C25H17Cl2N3O2/c1-14-12-20-21(13-19(14)27)30-24(29-20)16-4-8-18(9-5-16)28-25(31)23-11-10-22(32-23)15-2-6-17(26)7-3-15/h2-13H,1H3,(H,28,31)(H,29,30). The summed E-state index contributed by atoms with van der Waals surface area (Å²) < 4.78 is 5.71. The average Bonchev–Trinajstić information content (AvgIpc) is 3.43. The van der Waals surface area contributed by atoms with E-state index in [-0.39, 0.29) is 11.7 Å². The number of H-pyrrole nitrogens is 1. The summed E-state index contributed by atoms with van der Waals surface area (Å²) in [6.45, 7) is 1.96. The normalized spacial score (nSPS) is 11.1. The first-order valence-corrected chi connectivity index (χ1v) is 10.7. The van der Waals surface area contributed by atoms with Gasteiger partial charge in [-0.3, -0.25) is 4.79 Å². The molecule has 0 fully saturated rings. The molecule has 0 atom stereocenters. The maximum atomic E-state index is 12.6. The third kappa shape index (κ3) is 4.00. The van der Waals surface area contributed by atoms with Crippen LogP contribution in [0, 0.1) is 6.92 Å². The molecule has 7 heteroatoms. The van der Waals surface area contributed by atoms with Gasteiger partial charge in [0, 0.05) is 26.9 Å². The number of imidazole rings is 1. The zero-order valence-electron chi connectivity index (χ0n) is 16.9. The van der Waals surface area contributed by atoms with Crippen LogP contribution in [0.2, 0.25) is 10.0 Å². The molecule has 0 saturated carbocycles. The van der Waals surface area contributed by atoms with E-state index in [1.807, 2.05) is 55.5 Å². The number of halogens is 2. The van der Waals surface area contributed by atoms with Crippen molar-refractivity contribution in [1.29, 1.82) is 0 Å². The summed E-state index contributed by atoms with van der Waals surface area (Å²) >= 11 is 12.1. The smallest absolute Gasteiger partial charge is 0.291 e. The fourth-order valence-electron chi connectivity index (χ4n) is 3.41. The number of furan rings is 1. The Bertz CT molecular complexity index is 1400. The fraction of sp³-hybridized carbons (Fsp3) is 0.0400. The number of amides is 1. The van der Waals surface area contributed by atoms with Gasteiger partial charge in [-0.1, -0.05) is 23.2 Å². The molecule has 0 radical (unpaired) electrons. The number of hydrogen-bond donors (Lipinski definition) is 2. The van der Waals surface area contributed by atoms with Gasteiger partial charge < -0.3 is 14.7 Å². The zero-order chi connectivity index (χ0) is 22.2. The Labute approximate surface area is 194 Å². The van der Waals surface area contributed by atoms with Crippen LogP contribution in [0.15, 0.2) is 77.2 Å². The summed E-state index contributed by atoms with van der Waals surface area (Å²) in [6, 6.07) is 21.9. The van der Waals surface area contributed by atoms with Crippen molar-refractivity contribution in [2.45, 2.75) is 6.92 Å². The number of rotatable bonds is 4. The molecule has 5 nitrogen and oxygen atoms in total. The summed E-state index contributed by atoms with van der Waals surface area (Å²) in [5.41, 5.74) is 5.12. The van der Waals surface area contributed by atoms with Gasteiger partial charge in [-0.15, -0.1) is 0 Å². The Morgan fingerprint density at radius 3 is 2.41 bits per heavy atom. The summed E-state index contributed by atoms with van der Waals surface area (Å²) in [5, 5.41) is 4.18. The summed E-state index contributed by atoms with van der Waals surface area (Å²) in [4.78, 5) is 20.5. The molecule has 3 aromatic carbocycles. The van der Waals surface area contributed by atoms with Crippen LogP contribution in [-0.2, 0) is 0 Å². The van der Waals surface area contributed by atoms with Crippen LogP contribution >= 0.6 is 23.2 Å². The molecule has 2 heterocycles. The van der Waals surface area contributed by atoms with Crippen molar-refractivity contribution >= 4 is 45.8 Å². The number of benzene rings is 3. The van der Waals surface area contributed by atoms with E-state index in [0.717, 1.165) is 33.5 Å². The Balaban J connectivity index is 1.31. The molecule has 32 heavy (non-hydrogen) atoms. The third-order valence-corrected chi connectivity index (χ3v) is 5.80. The van der Waals surface area contributed by atoms with Crippen molar-refractivity contribution < 1.29 is 9.21 Å². The fourth-order valence-corrected chi connectivity index (χ4v) is 3.69. The molecule has 2 N–H and O–H groups in total. The van der Waals surface area contributed by atoms with Gasteiger partial charge in [0.1, 0.15) is 11.6 Å². The van der Waals surface area contributed by atoms with E-state index in [1.54, 1.807) is 24.3 Å². The van der Waals surface area contributed by atoms with Crippen LogP contribution in [0.25, 0.3) is 33.7 Å². The predicted octanol–water partition coefficient (Wildman–Crippen LogP) is 7.36. The highest BCUT2D eigenvalue weighted by Crippen LogP contribution is 2.27. The molecule has 5 aromatic rings. The number of nitrogens with one attached hydrogen (secondary N) is 2. The van der Waals surface area contributed by atoms with Gasteiger partial charge in [0.05, 0.1) is 11.0 Å². The Morgan fingerprint density at radius 2 is 1.66 bits per heavy atom. The predicted molar refractivity (Wildman–Crippen MR) is 128 cm³/mol. The molecule has 0 aliphatic carbocycles. The van der Waals surface area contributed by atoms with E-state index in [0.29, 0.717) is 21.5 Å². The van der Waals surface area contributed by atoms with E-state index >= 15 is 0 Å². The van der Waals surface area contributed by atoms with E-state index in [9.17, 15) is 4.79 Å². The largest absolute Gasteiger partial charge is 0.451 e. The second kappa shape index (κ2) is 8.19. The summed E-state index contributed by atoms with van der Waals surface area (Å²) in [5.74, 6) is 1.23. The van der Waals surface area contributed by atoms with Crippen molar-refractivity contribution in [1.82, 2.24) is 9.97 Å². The van der Waals surface area contributed by atoms with Gasteiger partial charge in [-0.25, -0.2) is 4.98 Å². The summed E-state index contributed by atoms with van der Waals surface area (Å²) in [7, 11) is 0. The highest BCUT2D eigenvalue weighted by molar-refractivity contribution is 6.32. The highest BCUT2D eigenvalue weighted by atomic mass is 35.5. The molecule has 0 unspecified atom stereocenters. The zero-order valence-corrected chi connectivity index (χ0v) is 18.5. The third-order valence-electron chi connectivity index (χ3n) is 5.14. The van der Waals surface area contributed by atoms with Crippen molar-refractivity contribution in [3.05, 3.63) is 94.2 Å². The van der Waals surface area contributed by atoms with Crippen LogP contribution in [-0.4, -0.2) is 15.9 Å². The summed E-state index contributed by atoms with van der Waals surface area (Å²) in [6.07, 6.45) is 0. The average molecular weight is 462 g/mol. The Morgan fingerprint density at radius 1 is 0.938 bits per heavy atom. The van der Waals surface area contributed by atoms with Gasteiger partial charge >= 0.3 is 0 Å². The number of aromatic nitrogens is 2. The van der Waals surface area contributed by atoms with Gasteiger partial charge in [0.2, 0.25) is 0 Å². The van der Waals surface area contributed by atoms with Gasteiger partial charge in [0.15, 0.2) is 5.76 Å². The van der Waals surface area contributed by atoms with Crippen molar-refractivity contribution in [3.63, 3.8) is 0 Å². The molecule has 0 aliphatic rings. The first-order chi connectivity index (χ1) is 15.5. The molecule has 0 saturated heterocycles. The van der Waals surface area contributed by atoms with Gasteiger partial charge in [-0.2, -0.15) is 0 Å². The van der Waals surface area contributed by atoms with Crippen LogP contribution in [0.5, 0.6) is 0 Å². The molecule has 0 spiro atoms. The minimum Gasteiger partial charge on any atom is -0.451 e. The molecule has 158 valence electrons. The van der Waals surface area contributed by atoms with E-state index in [4.69, 9.17) is 27.6 Å². The van der Waals surface area contributed by atoms with E-state index in [2.05, 4.69) is 15.3 Å². The SMILES string of the molecule is Cc1cc2[nH]c(-c3ccc(NC(=O)c4ccc(-c5ccc(Cl)cc5)o4)cc3)nc2cc1Cl. The molecule has 0 aliphatic heterocycles. The van der Waals surface area contributed by atoms with Crippen LogP contribution in [0.1, 0.15) is 16.1 Å². The van der Waals surface area contributed by atoms with Crippen LogP contribution in [0.3, 0.4) is 0 Å². The maximum absolute atomic E-state index is 12.6. The quantitative estimate of drug-likeness (QED) is 0.293. The first kappa shape index (κ1) is 20.4. The topological polar surface area (TPSA) is 70.9 Å². The van der Waals surface area contributed by atoms with Crippen molar-refractivity contribution in [3.8, 4) is 22.7 Å². The lowest BCUT2D eigenvalue weighted by Crippen LogP contribution is -2.10. The Hall–Kier alpha value is -3.54. The molecule has 2 aromatic heterocycles. The van der Waals surface area contributed by atoms with Gasteiger partial charge in [0.25, 0.3) is 5.91 Å². The minimum atomic E-state index is -0.327. The molecular weight excluding hydrogens is 445 g/mol. The highest BCUT2D eigenvalue weighted by Gasteiger charge is 2.13. The number of aromatic amines is 1. The number of hydrogen-bond acceptors (Lipinski definition) is 3. The second-order valence-corrected chi connectivity index (χ2v) is 8.25. The monoisotopic (exact) mass is 461 g/mol. The number of nitrogens with zero attached hydrogens (tertiary/aromatic N) is 1. The molecular formula is C25H17Cl2N3O2. The maximum Gasteiger partial charge on any atom is 0.291 e. The lowest BCUT2D eigenvalue weighted by atomic mass is 10.2. The lowest BCUT2D eigenvalue weighted by Gasteiger charge is -2.04. The number of carbonyl (C=O) groups excluding carboxylic acids is 1. The van der Waals surface area contributed by atoms with Crippen molar-refractivity contribution in [2.75, 3.05) is 5.32 Å². The lowest BCUT2D eigenvalue weighted by molar-refractivity contribution is 0.0997. The Kier molecular flexibility index (Phi) is 5.21. The molecule has 1 amide bonds. The molecule has 5 rings (SSSR count). The number of anilines is 1. The molecule has 0 bridgehead atoms. The second-order valence-electron chi connectivity index (χ2n) is 7.41. The van der Waals surface area contributed by atoms with Gasteiger partial charge in [-0.05, 0) is 85.3 Å². The van der Waals surface area contributed by atoms with E-state index < -0.39 is 0 Å². The number of fused-ring (bicyclic) bond motifs is 1. The number of aryl methyl sites for hydroxylation is 1.